The number of nitrogens with zero attached hydrogens (tertiary/aromatic N) is 2. The number of nitrogens with one attached hydrogen (secondary N) is 3. The van der Waals surface area contributed by atoms with E-state index in [9.17, 15) is 9.59 Å². The molecule has 5 rings (SSSR count). The Morgan fingerprint density at radius 3 is 2.85 bits per heavy atom. The van der Waals surface area contributed by atoms with Crippen LogP contribution in [0.5, 0.6) is 11.6 Å². The van der Waals surface area contributed by atoms with Gasteiger partial charge in [-0.05, 0) is 55.5 Å². The fourth-order valence-corrected chi connectivity index (χ4v) is 4.52. The molecule has 3 aromatic rings. The normalized spacial score (nSPS) is 19.6. The van der Waals surface area contributed by atoms with Crippen LogP contribution in [0.4, 0.5) is 11.4 Å². The van der Waals surface area contributed by atoms with Crippen LogP contribution in [0.2, 0.25) is 0 Å². The van der Waals surface area contributed by atoms with Gasteiger partial charge in [-0.15, -0.1) is 0 Å². The number of carbonyl (C=O) groups excluding carboxylic acids is 2. The number of benzene rings is 1. The van der Waals surface area contributed by atoms with Crippen molar-refractivity contribution in [1.82, 2.24) is 15.3 Å². The first-order valence-electron chi connectivity index (χ1n) is 11.5. The predicted octanol–water partition coefficient (Wildman–Crippen LogP) is 3.26. The molecule has 3 heterocycles. The zero-order valence-electron chi connectivity index (χ0n) is 19.0. The van der Waals surface area contributed by atoms with Gasteiger partial charge in [-0.2, -0.15) is 0 Å². The Morgan fingerprint density at radius 1 is 1.18 bits per heavy atom. The molecular weight excluding hydrogens is 434 g/mol. The molecule has 9 nitrogen and oxygen atoms in total. The van der Waals surface area contributed by atoms with Crippen LogP contribution in [0.15, 0.2) is 42.6 Å². The van der Waals surface area contributed by atoms with E-state index >= 15 is 0 Å². The van der Waals surface area contributed by atoms with Crippen LogP contribution >= 0.6 is 0 Å². The number of amides is 2. The average molecular weight is 462 g/mol. The van der Waals surface area contributed by atoms with Gasteiger partial charge in [-0.1, -0.05) is 6.07 Å². The number of ether oxygens (including phenoxy) is 2. The number of hydrogen-bond acceptors (Lipinski definition) is 7. The van der Waals surface area contributed by atoms with E-state index in [0.29, 0.717) is 46.6 Å². The monoisotopic (exact) mass is 461 g/mol. The molecule has 1 fully saturated rings. The predicted molar refractivity (Wildman–Crippen MR) is 128 cm³/mol. The number of carbonyl (C=O) groups is 2. The van der Waals surface area contributed by atoms with Crippen LogP contribution < -0.4 is 25.4 Å². The fourth-order valence-electron chi connectivity index (χ4n) is 4.52. The Bertz CT molecular complexity index is 1220. The average Bonchev–Trinajstić information content (AvgIpc) is 2.87. The number of anilines is 2. The highest BCUT2D eigenvalue weighted by molar-refractivity contribution is 6.00. The van der Waals surface area contributed by atoms with Crippen LogP contribution in [-0.2, 0) is 16.1 Å². The molecule has 2 aromatic heterocycles. The van der Waals surface area contributed by atoms with Crippen molar-refractivity contribution in [2.24, 2.45) is 5.92 Å². The maximum Gasteiger partial charge on any atom is 0.262 e. The summed E-state index contributed by atoms with van der Waals surface area (Å²) in [5.74, 6) is 1.02. The maximum absolute atomic E-state index is 13.0. The lowest BCUT2D eigenvalue weighted by atomic mass is 9.85. The molecular formula is C25H27N5O4. The number of aromatic nitrogens is 2. The Labute approximate surface area is 197 Å². The number of methoxy groups -OCH3 is 1. The molecule has 0 atom stereocenters. The molecule has 176 valence electrons. The van der Waals surface area contributed by atoms with Gasteiger partial charge in [0.25, 0.3) is 5.91 Å². The number of fused-ring (bicyclic) bond motifs is 2. The summed E-state index contributed by atoms with van der Waals surface area (Å²) in [7, 11) is 1.56. The molecule has 0 radical (unpaired) electrons. The lowest BCUT2D eigenvalue weighted by Crippen LogP contribution is -2.36. The second-order valence-electron chi connectivity index (χ2n) is 8.67. The van der Waals surface area contributed by atoms with Gasteiger partial charge >= 0.3 is 0 Å². The number of rotatable bonds is 6. The summed E-state index contributed by atoms with van der Waals surface area (Å²) in [6.07, 6.45) is 5.15. The van der Waals surface area contributed by atoms with Gasteiger partial charge < -0.3 is 25.4 Å². The Morgan fingerprint density at radius 2 is 2.03 bits per heavy atom. The third-order valence-electron chi connectivity index (χ3n) is 6.40. The van der Waals surface area contributed by atoms with Crippen LogP contribution in [-0.4, -0.2) is 41.5 Å². The standard InChI is InChI=1S/C25H27N5O4/c1-33-23-9-7-18-24(30-23)19(10-11-26-18)29-25(32)16-3-5-17(6-4-16)27-13-15-2-8-21-20(12-15)28-22(31)14-34-21/h2,7-12,16-17,27H,3-6,13-14H2,1H3,(H,28,31)(H,26,29,32)/t16-,17-. The van der Waals surface area contributed by atoms with E-state index in [2.05, 4.69) is 25.9 Å². The van der Waals surface area contributed by atoms with Crippen LogP contribution in [0.1, 0.15) is 31.2 Å². The molecule has 1 aromatic carbocycles. The third-order valence-corrected chi connectivity index (χ3v) is 6.40. The van der Waals surface area contributed by atoms with E-state index in [1.807, 2.05) is 24.3 Å². The molecule has 3 N–H and O–H groups in total. The largest absolute Gasteiger partial charge is 0.482 e. The zero-order chi connectivity index (χ0) is 23.5. The third kappa shape index (κ3) is 4.79. The van der Waals surface area contributed by atoms with Crippen molar-refractivity contribution in [3.63, 3.8) is 0 Å². The molecule has 2 aliphatic rings. The highest BCUT2D eigenvalue weighted by Crippen LogP contribution is 2.30. The topological polar surface area (TPSA) is 114 Å². The summed E-state index contributed by atoms with van der Waals surface area (Å²) in [6.45, 7) is 0.755. The summed E-state index contributed by atoms with van der Waals surface area (Å²) < 4.78 is 10.6. The van der Waals surface area contributed by atoms with Gasteiger partial charge in [-0.3, -0.25) is 14.6 Å². The smallest absolute Gasteiger partial charge is 0.262 e. The molecule has 0 saturated heterocycles. The van der Waals surface area contributed by atoms with E-state index in [4.69, 9.17) is 9.47 Å². The van der Waals surface area contributed by atoms with Crippen LogP contribution in [0.3, 0.4) is 0 Å². The van der Waals surface area contributed by atoms with Crippen molar-refractivity contribution in [2.45, 2.75) is 38.3 Å². The summed E-state index contributed by atoms with van der Waals surface area (Å²) in [6, 6.07) is 11.5. The van der Waals surface area contributed by atoms with Gasteiger partial charge in [0, 0.05) is 30.8 Å². The molecule has 1 saturated carbocycles. The van der Waals surface area contributed by atoms with Gasteiger partial charge in [-0.25, -0.2) is 4.98 Å². The van der Waals surface area contributed by atoms with Crippen molar-refractivity contribution < 1.29 is 19.1 Å². The van der Waals surface area contributed by atoms with E-state index < -0.39 is 0 Å². The number of pyridine rings is 2. The lowest BCUT2D eigenvalue weighted by Gasteiger charge is -2.29. The Balaban J connectivity index is 1.14. The van der Waals surface area contributed by atoms with Crippen molar-refractivity contribution >= 4 is 34.2 Å². The molecule has 1 aliphatic carbocycles. The minimum atomic E-state index is -0.135. The SMILES string of the molecule is COc1ccc2nccc(NC(=O)[C@H]3CC[C@H](NCc4ccc5c(c4)NC(=O)CO5)CC3)c2n1. The van der Waals surface area contributed by atoms with Gasteiger partial charge in [0.15, 0.2) is 6.61 Å². The van der Waals surface area contributed by atoms with E-state index in [1.165, 1.54) is 0 Å². The summed E-state index contributed by atoms with van der Waals surface area (Å²) in [5, 5.41) is 9.47. The molecule has 9 heteroatoms. The van der Waals surface area contributed by atoms with Crippen molar-refractivity contribution in [3.8, 4) is 11.6 Å². The van der Waals surface area contributed by atoms with Crippen molar-refractivity contribution in [2.75, 3.05) is 24.4 Å². The van der Waals surface area contributed by atoms with E-state index in [1.54, 1.807) is 25.4 Å². The molecule has 2 amide bonds. The van der Waals surface area contributed by atoms with Crippen molar-refractivity contribution in [3.05, 3.63) is 48.2 Å². The zero-order valence-corrected chi connectivity index (χ0v) is 19.0. The summed E-state index contributed by atoms with van der Waals surface area (Å²) in [4.78, 5) is 33.3. The first-order valence-corrected chi connectivity index (χ1v) is 11.5. The van der Waals surface area contributed by atoms with Gasteiger partial charge in [0.2, 0.25) is 11.8 Å². The lowest BCUT2D eigenvalue weighted by molar-refractivity contribution is -0.121. The quantitative estimate of drug-likeness (QED) is 0.516. The summed E-state index contributed by atoms with van der Waals surface area (Å²) in [5.41, 5.74) is 3.78. The summed E-state index contributed by atoms with van der Waals surface area (Å²) >= 11 is 0. The second kappa shape index (κ2) is 9.64. The molecule has 0 bridgehead atoms. The van der Waals surface area contributed by atoms with E-state index in [-0.39, 0.29) is 24.3 Å². The van der Waals surface area contributed by atoms with Crippen LogP contribution in [0, 0.1) is 5.92 Å². The van der Waals surface area contributed by atoms with Gasteiger partial charge in [0.1, 0.15) is 11.3 Å². The fraction of sp³-hybridized carbons (Fsp3) is 0.360. The van der Waals surface area contributed by atoms with Crippen molar-refractivity contribution in [1.29, 1.82) is 0 Å². The maximum atomic E-state index is 13.0. The molecule has 1 aliphatic heterocycles. The highest BCUT2D eigenvalue weighted by Gasteiger charge is 2.27. The first kappa shape index (κ1) is 22.1. The first-order chi connectivity index (χ1) is 16.6. The van der Waals surface area contributed by atoms with Gasteiger partial charge in [0.05, 0.1) is 24.0 Å². The second-order valence-corrected chi connectivity index (χ2v) is 8.67. The van der Waals surface area contributed by atoms with E-state index in [0.717, 1.165) is 31.2 Å². The Hall–Kier alpha value is -3.72. The number of hydrogen-bond donors (Lipinski definition) is 3. The van der Waals surface area contributed by atoms with Crippen LogP contribution in [0.25, 0.3) is 11.0 Å². The molecule has 0 unspecified atom stereocenters. The minimum absolute atomic E-state index is 0.0148. The molecule has 0 spiro atoms. The Kier molecular flexibility index (Phi) is 6.27. The molecule has 34 heavy (non-hydrogen) atoms. The highest BCUT2D eigenvalue weighted by atomic mass is 16.5. The minimum Gasteiger partial charge on any atom is -0.482 e.